The number of benzene rings is 2. The second-order valence-corrected chi connectivity index (χ2v) is 6.90. The fourth-order valence-electron chi connectivity index (χ4n) is 2.35. The van der Waals surface area contributed by atoms with E-state index in [2.05, 4.69) is 0 Å². The van der Waals surface area contributed by atoms with Gasteiger partial charge in [0.05, 0.1) is 21.1 Å². The Kier molecular flexibility index (Phi) is 4.83. The number of carbonyl (C=O) groups is 2. The lowest BCUT2D eigenvalue weighted by Gasteiger charge is -2.13. The zero-order chi connectivity index (χ0) is 18.8. The molecule has 1 aliphatic rings. The number of nitro benzene ring substituents is 1. The predicted molar refractivity (Wildman–Crippen MR) is 102 cm³/mol. The first kappa shape index (κ1) is 17.8. The van der Waals surface area contributed by atoms with Crippen LogP contribution in [-0.2, 0) is 4.79 Å². The van der Waals surface area contributed by atoms with Gasteiger partial charge in [-0.2, -0.15) is 0 Å². The quantitative estimate of drug-likeness (QED) is 0.370. The van der Waals surface area contributed by atoms with Gasteiger partial charge in [0.15, 0.2) is 4.32 Å². The Morgan fingerprint density at radius 1 is 1.23 bits per heavy atom. The highest BCUT2D eigenvalue weighted by molar-refractivity contribution is 8.27. The minimum absolute atomic E-state index is 0.105. The largest absolute Gasteiger partial charge is 0.478 e. The van der Waals surface area contributed by atoms with Crippen molar-refractivity contribution in [2.75, 3.05) is 4.90 Å². The van der Waals surface area contributed by atoms with Gasteiger partial charge in [0.1, 0.15) is 0 Å². The van der Waals surface area contributed by atoms with Gasteiger partial charge in [-0.3, -0.25) is 19.8 Å². The van der Waals surface area contributed by atoms with Crippen molar-refractivity contribution in [3.05, 3.63) is 74.7 Å². The number of hydrogen-bond donors (Lipinski definition) is 1. The number of anilines is 1. The molecule has 0 aromatic heterocycles. The molecule has 1 N–H and O–H groups in total. The van der Waals surface area contributed by atoms with Gasteiger partial charge in [-0.15, -0.1) is 0 Å². The molecule has 9 heteroatoms. The summed E-state index contributed by atoms with van der Waals surface area (Å²) >= 11 is 6.28. The average Bonchev–Trinajstić information content (AvgIpc) is 2.88. The summed E-state index contributed by atoms with van der Waals surface area (Å²) in [5, 5.41) is 20.0. The lowest BCUT2D eigenvalue weighted by Crippen LogP contribution is -2.27. The minimum atomic E-state index is -1.07. The van der Waals surface area contributed by atoms with E-state index >= 15 is 0 Å². The van der Waals surface area contributed by atoms with E-state index in [0.29, 0.717) is 16.2 Å². The molecule has 26 heavy (non-hydrogen) atoms. The van der Waals surface area contributed by atoms with Crippen LogP contribution < -0.4 is 4.90 Å². The van der Waals surface area contributed by atoms with E-state index in [0.717, 1.165) is 11.8 Å². The van der Waals surface area contributed by atoms with Gasteiger partial charge in [0.25, 0.3) is 11.6 Å². The van der Waals surface area contributed by atoms with E-state index in [1.165, 1.54) is 35.2 Å². The molecule has 1 saturated heterocycles. The number of rotatable bonds is 4. The van der Waals surface area contributed by atoms with E-state index in [1.807, 2.05) is 0 Å². The van der Waals surface area contributed by atoms with Gasteiger partial charge in [0.2, 0.25) is 0 Å². The topological polar surface area (TPSA) is 101 Å². The fourth-order valence-corrected chi connectivity index (χ4v) is 3.65. The van der Waals surface area contributed by atoms with Crippen LogP contribution in [-0.4, -0.2) is 26.2 Å². The number of carboxylic acid groups (broad SMARTS) is 1. The van der Waals surface area contributed by atoms with Crippen molar-refractivity contribution < 1.29 is 19.6 Å². The molecule has 1 heterocycles. The number of thioether (sulfide) groups is 1. The lowest BCUT2D eigenvalue weighted by molar-refractivity contribution is -0.384. The standard InChI is InChI=1S/C17H10N2O5S2/c20-15-14(8-10-3-1-4-11(7-10)16(21)22)26-17(25)18(15)12-5-2-6-13(9-12)19(23)24/h1-9H,(H,21,22)/b14-8+. The van der Waals surface area contributed by atoms with Crippen LogP contribution in [0.15, 0.2) is 53.4 Å². The van der Waals surface area contributed by atoms with Crippen molar-refractivity contribution in [2.24, 2.45) is 0 Å². The minimum Gasteiger partial charge on any atom is -0.478 e. The average molecular weight is 386 g/mol. The fraction of sp³-hybridized carbons (Fsp3) is 0. The number of thiocarbonyl (C=S) groups is 1. The number of carboxylic acids is 1. The van der Waals surface area contributed by atoms with Crippen molar-refractivity contribution in [1.29, 1.82) is 0 Å². The molecule has 1 fully saturated rings. The smallest absolute Gasteiger partial charge is 0.335 e. The maximum atomic E-state index is 12.7. The summed E-state index contributed by atoms with van der Waals surface area (Å²) in [6, 6.07) is 11.8. The molecule has 0 aliphatic carbocycles. The third kappa shape index (κ3) is 3.48. The van der Waals surface area contributed by atoms with Gasteiger partial charge in [-0.25, -0.2) is 4.79 Å². The summed E-state index contributed by atoms with van der Waals surface area (Å²) in [6.45, 7) is 0. The van der Waals surface area contributed by atoms with Crippen LogP contribution in [0.5, 0.6) is 0 Å². The Hall–Kier alpha value is -3.04. The zero-order valence-corrected chi connectivity index (χ0v) is 14.6. The molecule has 1 aliphatic heterocycles. The second kappa shape index (κ2) is 7.06. The second-order valence-electron chi connectivity index (χ2n) is 5.22. The van der Waals surface area contributed by atoms with Crippen LogP contribution in [0.25, 0.3) is 6.08 Å². The molecule has 130 valence electrons. The van der Waals surface area contributed by atoms with Crippen LogP contribution in [0, 0.1) is 10.1 Å². The molecule has 0 atom stereocenters. The maximum Gasteiger partial charge on any atom is 0.335 e. The van der Waals surface area contributed by atoms with E-state index in [-0.39, 0.29) is 15.6 Å². The van der Waals surface area contributed by atoms with Crippen molar-refractivity contribution in [3.63, 3.8) is 0 Å². The number of carbonyl (C=O) groups excluding carboxylic acids is 1. The number of amides is 1. The van der Waals surface area contributed by atoms with E-state index in [4.69, 9.17) is 17.3 Å². The van der Waals surface area contributed by atoms with E-state index in [1.54, 1.807) is 24.3 Å². The summed E-state index contributed by atoms with van der Waals surface area (Å²) in [6.07, 6.45) is 1.54. The number of non-ortho nitro benzene ring substituents is 1. The molecule has 7 nitrogen and oxygen atoms in total. The summed E-state index contributed by atoms with van der Waals surface area (Å²) in [7, 11) is 0. The van der Waals surface area contributed by atoms with Crippen LogP contribution in [0.3, 0.4) is 0 Å². The zero-order valence-electron chi connectivity index (χ0n) is 13.0. The Morgan fingerprint density at radius 3 is 2.65 bits per heavy atom. The van der Waals surface area contributed by atoms with Crippen molar-refractivity contribution in [3.8, 4) is 0 Å². The van der Waals surface area contributed by atoms with Crippen LogP contribution in [0.2, 0.25) is 0 Å². The van der Waals surface area contributed by atoms with Gasteiger partial charge >= 0.3 is 5.97 Å². The summed E-state index contributed by atoms with van der Waals surface area (Å²) in [5.74, 6) is -1.48. The normalized spacial score (nSPS) is 15.5. The number of nitrogens with zero attached hydrogens (tertiary/aromatic N) is 2. The molecule has 0 unspecified atom stereocenters. The monoisotopic (exact) mass is 386 g/mol. The molecule has 2 aromatic carbocycles. The highest BCUT2D eigenvalue weighted by Crippen LogP contribution is 2.37. The van der Waals surface area contributed by atoms with Gasteiger partial charge in [-0.1, -0.05) is 42.2 Å². The molecular weight excluding hydrogens is 376 g/mol. The first-order chi connectivity index (χ1) is 12.4. The Morgan fingerprint density at radius 2 is 1.96 bits per heavy atom. The SMILES string of the molecule is O=C(O)c1cccc(/C=C2/SC(=S)N(c3cccc([N+](=O)[O-])c3)C2=O)c1. The molecule has 1 amide bonds. The Labute approximate surface area is 157 Å². The lowest BCUT2D eigenvalue weighted by atomic mass is 10.1. The molecule has 0 spiro atoms. The number of aromatic carboxylic acids is 1. The molecule has 3 rings (SSSR count). The van der Waals surface area contributed by atoms with Gasteiger partial charge < -0.3 is 5.11 Å². The van der Waals surface area contributed by atoms with E-state index in [9.17, 15) is 19.7 Å². The van der Waals surface area contributed by atoms with E-state index < -0.39 is 16.8 Å². The highest BCUT2D eigenvalue weighted by atomic mass is 32.2. The Balaban J connectivity index is 1.94. The van der Waals surface area contributed by atoms with Crippen molar-refractivity contribution in [1.82, 2.24) is 0 Å². The number of hydrogen-bond acceptors (Lipinski definition) is 6. The molecule has 0 bridgehead atoms. The third-order valence-electron chi connectivity index (χ3n) is 3.52. The Bertz CT molecular complexity index is 987. The highest BCUT2D eigenvalue weighted by Gasteiger charge is 2.33. The van der Waals surface area contributed by atoms with Crippen LogP contribution in [0.4, 0.5) is 11.4 Å². The van der Waals surface area contributed by atoms with Gasteiger partial charge in [0, 0.05) is 12.1 Å². The van der Waals surface area contributed by atoms with Crippen LogP contribution in [0.1, 0.15) is 15.9 Å². The summed E-state index contributed by atoms with van der Waals surface area (Å²) < 4.78 is 0.246. The molecule has 0 saturated carbocycles. The maximum absolute atomic E-state index is 12.7. The first-order valence-electron chi connectivity index (χ1n) is 7.22. The molecule has 0 radical (unpaired) electrons. The summed E-state index contributed by atoms with van der Waals surface area (Å²) in [4.78, 5) is 35.7. The summed E-state index contributed by atoms with van der Waals surface area (Å²) in [5.41, 5.74) is 0.816. The first-order valence-corrected chi connectivity index (χ1v) is 8.45. The molecule has 2 aromatic rings. The van der Waals surface area contributed by atoms with Crippen molar-refractivity contribution >= 4 is 57.6 Å². The van der Waals surface area contributed by atoms with Crippen molar-refractivity contribution in [2.45, 2.75) is 0 Å². The predicted octanol–water partition coefficient (Wildman–Crippen LogP) is 3.70. The van der Waals surface area contributed by atoms with Gasteiger partial charge in [-0.05, 0) is 29.8 Å². The third-order valence-corrected chi connectivity index (χ3v) is 4.83. The number of nitro groups is 1. The van der Waals surface area contributed by atoms with Crippen LogP contribution >= 0.6 is 24.0 Å². The molecular formula is C17H10N2O5S2.